The van der Waals surface area contributed by atoms with Crippen LogP contribution in [0.3, 0.4) is 0 Å². The molecule has 1 aromatic rings. The third kappa shape index (κ3) is 6.30. The molecule has 0 radical (unpaired) electrons. The predicted octanol–water partition coefficient (Wildman–Crippen LogP) is 2.46. The number of carboxylic acids is 1. The van der Waals surface area contributed by atoms with E-state index in [1.807, 2.05) is 0 Å². The summed E-state index contributed by atoms with van der Waals surface area (Å²) >= 11 is 0. The Morgan fingerprint density at radius 1 is 1.10 bits per heavy atom. The van der Waals surface area contributed by atoms with Crippen LogP contribution < -0.4 is 0 Å². The summed E-state index contributed by atoms with van der Waals surface area (Å²) < 4.78 is 4.87. The van der Waals surface area contributed by atoms with Crippen molar-refractivity contribution < 1.29 is 29.0 Å². The third-order valence-corrected chi connectivity index (χ3v) is 5.29. The molecule has 0 saturated carbocycles. The Morgan fingerprint density at radius 3 is 2.37 bits per heavy atom. The van der Waals surface area contributed by atoms with E-state index in [0.29, 0.717) is 6.42 Å². The van der Waals surface area contributed by atoms with E-state index in [9.17, 15) is 19.2 Å². The van der Waals surface area contributed by atoms with Gasteiger partial charge in [-0.25, -0.2) is 9.59 Å². The van der Waals surface area contributed by atoms with Crippen LogP contribution in [0.5, 0.6) is 0 Å². The molecule has 1 saturated heterocycles. The summed E-state index contributed by atoms with van der Waals surface area (Å²) in [6.45, 7) is 2.23. The number of carbonyl (C=O) groups is 4. The minimum absolute atomic E-state index is 0.0494. The first-order valence-electron chi connectivity index (χ1n) is 10.3. The molecule has 0 spiro atoms. The van der Waals surface area contributed by atoms with E-state index in [4.69, 9.17) is 9.84 Å². The molecule has 1 fully saturated rings. The van der Waals surface area contributed by atoms with Crippen molar-refractivity contribution in [2.45, 2.75) is 58.0 Å². The second-order valence-corrected chi connectivity index (χ2v) is 7.50. The summed E-state index contributed by atoms with van der Waals surface area (Å²) in [5.74, 6) is -2.03. The minimum atomic E-state index is -1.02. The van der Waals surface area contributed by atoms with Crippen LogP contribution in [0.25, 0.3) is 0 Å². The Bertz CT molecular complexity index is 761. The number of unbranched alkanes of at least 4 members (excludes halogenated alkanes) is 4. The van der Waals surface area contributed by atoms with Gasteiger partial charge in [-0.2, -0.15) is 0 Å². The second-order valence-electron chi connectivity index (χ2n) is 7.50. The normalized spacial score (nSPS) is 16.5. The number of hydrogen-bond acceptors (Lipinski definition) is 5. The lowest BCUT2D eigenvalue weighted by atomic mass is 10.1. The number of rotatable bonds is 10. The minimum Gasteiger partial charge on any atom is -0.478 e. The second kappa shape index (κ2) is 11.3. The highest BCUT2D eigenvalue weighted by atomic mass is 16.5. The van der Waals surface area contributed by atoms with Gasteiger partial charge >= 0.3 is 11.9 Å². The van der Waals surface area contributed by atoms with E-state index in [1.54, 1.807) is 12.1 Å². The SMILES string of the molecule is CCCCCCCC(=O)N1CC(=O)N(Cc2ccc(C(=O)O)cc2)C[C@@H]1C(=O)OC. The topological polar surface area (TPSA) is 104 Å². The molecule has 1 aliphatic heterocycles. The van der Waals surface area contributed by atoms with Crippen molar-refractivity contribution in [1.82, 2.24) is 9.80 Å². The molecule has 2 amide bonds. The highest BCUT2D eigenvalue weighted by Crippen LogP contribution is 2.18. The standard InChI is InChI=1S/C22H30N2O6/c1-3-4-5-6-7-8-19(25)24-15-20(26)23(14-18(24)22(29)30-2)13-16-9-11-17(12-10-16)21(27)28/h9-12,18H,3-8,13-15H2,1-2H3,(H,27,28)/t18-/m1/s1. The van der Waals surface area contributed by atoms with Crippen LogP contribution in [0.4, 0.5) is 0 Å². The van der Waals surface area contributed by atoms with E-state index in [-0.39, 0.29) is 37.0 Å². The van der Waals surface area contributed by atoms with E-state index in [1.165, 1.54) is 29.0 Å². The van der Waals surface area contributed by atoms with Gasteiger partial charge < -0.3 is 19.6 Å². The van der Waals surface area contributed by atoms with Crippen molar-refractivity contribution in [2.75, 3.05) is 20.2 Å². The zero-order valence-electron chi connectivity index (χ0n) is 17.6. The van der Waals surface area contributed by atoms with Crippen molar-refractivity contribution in [3.8, 4) is 0 Å². The van der Waals surface area contributed by atoms with Crippen LogP contribution in [0, 0.1) is 0 Å². The number of carboxylic acid groups (broad SMARTS) is 1. The number of methoxy groups -OCH3 is 1. The number of nitrogens with zero attached hydrogens (tertiary/aromatic N) is 2. The van der Waals surface area contributed by atoms with Gasteiger partial charge in [-0.15, -0.1) is 0 Å². The van der Waals surface area contributed by atoms with Gasteiger partial charge in [0, 0.05) is 13.0 Å². The molecule has 1 heterocycles. The Morgan fingerprint density at radius 2 is 1.77 bits per heavy atom. The number of hydrogen-bond donors (Lipinski definition) is 1. The lowest BCUT2D eigenvalue weighted by Gasteiger charge is -2.39. The predicted molar refractivity (Wildman–Crippen MR) is 110 cm³/mol. The number of carbonyl (C=O) groups excluding carboxylic acids is 3. The van der Waals surface area contributed by atoms with Crippen molar-refractivity contribution in [2.24, 2.45) is 0 Å². The monoisotopic (exact) mass is 418 g/mol. The summed E-state index contributed by atoms with van der Waals surface area (Å²) in [6.07, 6.45) is 5.30. The largest absolute Gasteiger partial charge is 0.478 e. The first-order chi connectivity index (χ1) is 14.4. The van der Waals surface area contributed by atoms with Crippen LogP contribution in [-0.4, -0.2) is 64.9 Å². The number of esters is 1. The lowest BCUT2D eigenvalue weighted by Crippen LogP contribution is -2.60. The molecule has 1 atom stereocenters. The Balaban J connectivity index is 2.03. The molecule has 30 heavy (non-hydrogen) atoms. The summed E-state index contributed by atoms with van der Waals surface area (Å²) in [5.41, 5.74) is 0.902. The number of aromatic carboxylic acids is 1. The molecule has 0 unspecified atom stereocenters. The number of amides is 2. The van der Waals surface area contributed by atoms with Crippen LogP contribution in [0.2, 0.25) is 0 Å². The maximum atomic E-state index is 12.7. The number of benzene rings is 1. The van der Waals surface area contributed by atoms with Crippen LogP contribution in [0.15, 0.2) is 24.3 Å². The summed E-state index contributed by atoms with van der Waals surface area (Å²) in [7, 11) is 1.27. The van der Waals surface area contributed by atoms with Crippen molar-refractivity contribution in [1.29, 1.82) is 0 Å². The van der Waals surface area contributed by atoms with Crippen molar-refractivity contribution >= 4 is 23.8 Å². The molecule has 164 valence electrons. The zero-order valence-corrected chi connectivity index (χ0v) is 17.6. The maximum absolute atomic E-state index is 12.7. The van der Waals surface area contributed by atoms with Gasteiger partial charge in [-0.05, 0) is 24.1 Å². The van der Waals surface area contributed by atoms with Crippen LogP contribution >= 0.6 is 0 Å². The highest BCUT2D eigenvalue weighted by molar-refractivity contribution is 5.91. The average Bonchev–Trinajstić information content (AvgIpc) is 2.74. The molecule has 8 heteroatoms. The summed E-state index contributed by atoms with van der Waals surface area (Å²) in [4.78, 5) is 51.4. The fourth-order valence-electron chi connectivity index (χ4n) is 3.51. The lowest BCUT2D eigenvalue weighted by molar-refractivity contribution is -0.161. The van der Waals surface area contributed by atoms with E-state index in [0.717, 1.165) is 37.7 Å². The maximum Gasteiger partial charge on any atom is 0.335 e. The van der Waals surface area contributed by atoms with Crippen LogP contribution in [-0.2, 0) is 25.7 Å². The molecule has 1 N–H and O–H groups in total. The molecule has 2 rings (SSSR count). The van der Waals surface area contributed by atoms with E-state index < -0.39 is 18.0 Å². The van der Waals surface area contributed by atoms with Gasteiger partial charge in [0.15, 0.2) is 0 Å². The van der Waals surface area contributed by atoms with Gasteiger partial charge in [0.05, 0.1) is 19.2 Å². The summed E-state index contributed by atoms with van der Waals surface area (Å²) in [5, 5.41) is 8.99. The molecule has 0 bridgehead atoms. The Labute approximate surface area is 176 Å². The highest BCUT2D eigenvalue weighted by Gasteiger charge is 2.39. The van der Waals surface area contributed by atoms with E-state index >= 15 is 0 Å². The van der Waals surface area contributed by atoms with Gasteiger partial charge in [-0.3, -0.25) is 9.59 Å². The van der Waals surface area contributed by atoms with Gasteiger partial charge in [-0.1, -0.05) is 44.7 Å². The zero-order chi connectivity index (χ0) is 22.1. The summed E-state index contributed by atoms with van der Waals surface area (Å²) in [6, 6.07) is 5.38. The van der Waals surface area contributed by atoms with Crippen LogP contribution in [0.1, 0.15) is 61.4 Å². The smallest absolute Gasteiger partial charge is 0.335 e. The molecule has 1 aromatic carbocycles. The Kier molecular flexibility index (Phi) is 8.83. The van der Waals surface area contributed by atoms with Crippen molar-refractivity contribution in [3.63, 3.8) is 0 Å². The van der Waals surface area contributed by atoms with Gasteiger partial charge in [0.25, 0.3) is 0 Å². The Hall–Kier alpha value is -2.90. The fraction of sp³-hybridized carbons (Fsp3) is 0.545. The molecular formula is C22H30N2O6. The molecule has 8 nitrogen and oxygen atoms in total. The molecule has 1 aliphatic rings. The third-order valence-electron chi connectivity index (χ3n) is 5.29. The van der Waals surface area contributed by atoms with Gasteiger partial charge in [0.2, 0.25) is 11.8 Å². The van der Waals surface area contributed by atoms with Gasteiger partial charge in [0.1, 0.15) is 12.6 Å². The molecule has 0 aliphatic carbocycles. The number of piperazine rings is 1. The number of ether oxygens (including phenoxy) is 1. The first-order valence-corrected chi connectivity index (χ1v) is 10.3. The molecule has 0 aromatic heterocycles. The van der Waals surface area contributed by atoms with Crippen molar-refractivity contribution in [3.05, 3.63) is 35.4 Å². The first kappa shape index (κ1) is 23.4. The fourth-order valence-corrected chi connectivity index (χ4v) is 3.51. The average molecular weight is 418 g/mol. The van der Waals surface area contributed by atoms with E-state index in [2.05, 4.69) is 6.92 Å². The molecular weight excluding hydrogens is 388 g/mol. The quantitative estimate of drug-likeness (QED) is 0.462.